The van der Waals surface area contributed by atoms with Crippen LogP contribution in [0.5, 0.6) is 0 Å². The zero-order valence-electron chi connectivity index (χ0n) is 18.8. The molecule has 0 bridgehead atoms. The molecule has 1 aliphatic heterocycles. The van der Waals surface area contributed by atoms with Crippen LogP contribution in [0, 0.1) is 12.8 Å². The van der Waals surface area contributed by atoms with Crippen molar-refractivity contribution in [2.45, 2.75) is 55.1 Å². The molecule has 9 heteroatoms. The molecular weight excluding hydrogens is 432 g/mol. The SMILES string of the molecule is C#C.C/C=C\C(=C/CCN(CCO)C(=O)OC(C)(C)C)C1Nc2c(SC)ncnc2S1. The maximum Gasteiger partial charge on any atom is 0.410 e. The highest BCUT2D eigenvalue weighted by Gasteiger charge is 2.27. The van der Waals surface area contributed by atoms with Gasteiger partial charge in [-0.3, -0.25) is 0 Å². The minimum atomic E-state index is -0.567. The summed E-state index contributed by atoms with van der Waals surface area (Å²) < 4.78 is 5.43. The standard InChI is InChI=1S/C20H30N4O3S2.C2H2/c1-6-8-14(16-23-15-17(28-5)21-13-22-18(15)29-16)9-7-10-24(11-12-25)19(26)27-20(2,3)4;1-2/h6,8-9,13,16,23,25H,7,10-12H2,1-5H3;1-2H/b8-6-,14-9+;. The van der Waals surface area contributed by atoms with Gasteiger partial charge < -0.3 is 20.1 Å². The number of nitrogens with one attached hydrogen (secondary N) is 1. The molecule has 1 amide bonds. The Labute approximate surface area is 194 Å². The molecule has 0 fully saturated rings. The number of nitrogens with zero attached hydrogens (tertiary/aromatic N) is 3. The number of anilines is 1. The van der Waals surface area contributed by atoms with E-state index in [2.05, 4.69) is 40.3 Å². The van der Waals surface area contributed by atoms with E-state index < -0.39 is 11.7 Å². The number of thioether (sulfide) groups is 2. The highest BCUT2D eigenvalue weighted by atomic mass is 32.2. The smallest absolute Gasteiger partial charge is 0.410 e. The number of aliphatic hydroxyl groups excluding tert-OH is 1. The Morgan fingerprint density at radius 2 is 2.10 bits per heavy atom. The molecule has 2 N–H and O–H groups in total. The number of rotatable bonds is 8. The van der Waals surface area contributed by atoms with Crippen LogP contribution in [0.4, 0.5) is 10.5 Å². The first-order valence-electron chi connectivity index (χ1n) is 9.86. The second kappa shape index (κ2) is 13.3. The van der Waals surface area contributed by atoms with Crippen LogP contribution < -0.4 is 5.32 Å². The molecule has 0 radical (unpaired) electrons. The molecule has 0 saturated carbocycles. The van der Waals surface area contributed by atoms with Gasteiger partial charge in [-0.25, -0.2) is 14.8 Å². The molecule has 1 unspecified atom stereocenters. The summed E-state index contributed by atoms with van der Waals surface area (Å²) in [7, 11) is 0. The quantitative estimate of drug-likeness (QED) is 0.253. The minimum Gasteiger partial charge on any atom is -0.444 e. The summed E-state index contributed by atoms with van der Waals surface area (Å²) >= 11 is 3.25. The topological polar surface area (TPSA) is 87.6 Å². The van der Waals surface area contributed by atoms with E-state index >= 15 is 0 Å². The van der Waals surface area contributed by atoms with E-state index in [9.17, 15) is 9.90 Å². The van der Waals surface area contributed by atoms with Gasteiger partial charge in [0.15, 0.2) is 0 Å². The van der Waals surface area contributed by atoms with Crippen molar-refractivity contribution in [1.82, 2.24) is 14.9 Å². The number of carbonyl (C=O) groups excluding carboxylic acids is 1. The maximum atomic E-state index is 12.3. The molecule has 1 aliphatic rings. The lowest BCUT2D eigenvalue weighted by molar-refractivity contribution is 0.0222. The van der Waals surface area contributed by atoms with Crippen molar-refractivity contribution in [2.75, 3.05) is 31.3 Å². The Morgan fingerprint density at radius 3 is 2.68 bits per heavy atom. The summed E-state index contributed by atoms with van der Waals surface area (Å²) in [4.78, 5) is 22.6. The van der Waals surface area contributed by atoms with Crippen LogP contribution in [0.15, 0.2) is 40.2 Å². The van der Waals surface area contributed by atoms with Crippen LogP contribution >= 0.6 is 23.5 Å². The minimum absolute atomic E-state index is 0.0385. The summed E-state index contributed by atoms with van der Waals surface area (Å²) in [5.74, 6) is 0. The third-order valence-electron chi connectivity index (χ3n) is 3.94. The number of hydrogen-bond acceptors (Lipinski definition) is 8. The number of terminal acetylenes is 1. The molecule has 0 spiro atoms. The summed E-state index contributed by atoms with van der Waals surface area (Å²) in [6, 6.07) is 0. The Kier molecular flexibility index (Phi) is 11.5. The lowest BCUT2D eigenvalue weighted by atomic mass is 10.2. The number of carbonyl (C=O) groups is 1. The largest absolute Gasteiger partial charge is 0.444 e. The zero-order valence-corrected chi connectivity index (χ0v) is 20.4. The van der Waals surface area contributed by atoms with Gasteiger partial charge in [-0.15, -0.1) is 24.6 Å². The normalized spacial score (nSPS) is 15.6. The third kappa shape index (κ3) is 8.48. The summed E-state index contributed by atoms with van der Waals surface area (Å²) in [5, 5.41) is 14.7. The number of aliphatic hydroxyl groups is 1. The molecule has 7 nitrogen and oxygen atoms in total. The van der Waals surface area contributed by atoms with Crippen LogP contribution in [0.2, 0.25) is 0 Å². The van der Waals surface area contributed by atoms with Gasteiger partial charge in [-0.05, 0) is 45.9 Å². The van der Waals surface area contributed by atoms with Gasteiger partial charge >= 0.3 is 6.09 Å². The van der Waals surface area contributed by atoms with E-state index in [1.54, 1.807) is 29.9 Å². The van der Waals surface area contributed by atoms with Crippen LogP contribution in [-0.4, -0.2) is 63.0 Å². The van der Waals surface area contributed by atoms with Crippen LogP contribution in [-0.2, 0) is 4.74 Å². The molecule has 1 atom stereocenters. The lowest BCUT2D eigenvalue weighted by Crippen LogP contribution is -2.39. The monoisotopic (exact) mass is 464 g/mol. The Bertz CT molecular complexity index is 804. The molecule has 0 saturated heterocycles. The first-order valence-corrected chi connectivity index (χ1v) is 12.0. The van der Waals surface area contributed by atoms with E-state index in [-0.39, 0.29) is 18.5 Å². The van der Waals surface area contributed by atoms with E-state index in [0.717, 1.165) is 21.3 Å². The molecule has 2 heterocycles. The fourth-order valence-electron chi connectivity index (χ4n) is 2.73. The fraction of sp³-hybridized carbons (Fsp3) is 0.500. The van der Waals surface area contributed by atoms with Gasteiger partial charge in [0.1, 0.15) is 33.0 Å². The number of fused-ring (bicyclic) bond motifs is 1. The third-order valence-corrected chi connectivity index (χ3v) is 5.79. The Hall–Kier alpha value is -2.15. The van der Waals surface area contributed by atoms with Crippen molar-refractivity contribution in [3.05, 3.63) is 30.1 Å². The van der Waals surface area contributed by atoms with Crippen LogP contribution in [0.3, 0.4) is 0 Å². The van der Waals surface area contributed by atoms with Crippen molar-refractivity contribution < 1.29 is 14.6 Å². The van der Waals surface area contributed by atoms with Gasteiger partial charge in [-0.2, -0.15) is 0 Å². The van der Waals surface area contributed by atoms with E-state index in [0.29, 0.717) is 13.0 Å². The van der Waals surface area contributed by atoms with Crippen molar-refractivity contribution in [2.24, 2.45) is 0 Å². The first-order chi connectivity index (χ1) is 14.8. The summed E-state index contributed by atoms with van der Waals surface area (Å²) in [5.41, 5.74) is 1.51. The summed E-state index contributed by atoms with van der Waals surface area (Å²) in [6.45, 7) is 8.09. The van der Waals surface area contributed by atoms with Gasteiger partial charge in [0.2, 0.25) is 0 Å². The predicted octanol–water partition coefficient (Wildman–Crippen LogP) is 4.41. The van der Waals surface area contributed by atoms with Gasteiger partial charge in [-0.1, -0.05) is 30.0 Å². The zero-order chi connectivity index (χ0) is 23.4. The van der Waals surface area contributed by atoms with Gasteiger partial charge in [0.25, 0.3) is 0 Å². The highest BCUT2D eigenvalue weighted by Crippen LogP contribution is 2.43. The fourth-order valence-corrected chi connectivity index (χ4v) is 4.40. The molecule has 1 aromatic rings. The Morgan fingerprint density at radius 1 is 1.39 bits per heavy atom. The highest BCUT2D eigenvalue weighted by molar-refractivity contribution is 8.01. The number of amides is 1. The molecular formula is C22H32N4O3S2. The maximum absolute atomic E-state index is 12.3. The van der Waals surface area contributed by atoms with Gasteiger partial charge in [0.05, 0.1) is 6.61 Å². The first kappa shape index (κ1) is 26.9. The molecule has 31 heavy (non-hydrogen) atoms. The molecule has 1 aromatic heterocycles. The van der Waals surface area contributed by atoms with Crippen LogP contribution in [0.1, 0.15) is 34.1 Å². The van der Waals surface area contributed by atoms with Crippen molar-refractivity contribution in [1.29, 1.82) is 0 Å². The second-order valence-corrected chi connectivity index (χ2v) is 9.28. The number of ether oxygens (including phenoxy) is 1. The lowest BCUT2D eigenvalue weighted by Gasteiger charge is -2.26. The van der Waals surface area contributed by atoms with E-state index in [1.807, 2.05) is 40.0 Å². The van der Waals surface area contributed by atoms with Gasteiger partial charge in [0, 0.05) is 13.1 Å². The predicted molar refractivity (Wildman–Crippen MR) is 129 cm³/mol. The van der Waals surface area contributed by atoms with Crippen LogP contribution in [0.25, 0.3) is 0 Å². The molecule has 0 aromatic carbocycles. The average molecular weight is 465 g/mol. The Balaban J connectivity index is 0.00000233. The van der Waals surface area contributed by atoms with Crippen molar-refractivity contribution in [3.8, 4) is 12.8 Å². The number of aromatic nitrogens is 2. The van der Waals surface area contributed by atoms with Crippen molar-refractivity contribution >= 4 is 35.3 Å². The second-order valence-electron chi connectivity index (χ2n) is 7.39. The molecule has 2 rings (SSSR count). The van der Waals surface area contributed by atoms with E-state index in [4.69, 9.17) is 4.74 Å². The van der Waals surface area contributed by atoms with E-state index in [1.165, 1.54) is 4.90 Å². The number of hydrogen-bond donors (Lipinski definition) is 2. The number of allylic oxidation sites excluding steroid dienone is 1. The molecule has 170 valence electrons. The summed E-state index contributed by atoms with van der Waals surface area (Å²) in [6.07, 6.45) is 18.0. The molecule has 0 aliphatic carbocycles. The average Bonchev–Trinajstić information content (AvgIpc) is 3.17. The van der Waals surface area contributed by atoms with Crippen molar-refractivity contribution in [3.63, 3.8) is 0 Å².